The van der Waals surface area contributed by atoms with Gasteiger partial charge in [-0.25, -0.2) is 4.79 Å². The lowest BCUT2D eigenvalue weighted by molar-refractivity contribution is -0.137. The number of carbonyl (C=O) groups is 3. The van der Waals surface area contributed by atoms with Crippen LogP contribution in [0.3, 0.4) is 0 Å². The summed E-state index contributed by atoms with van der Waals surface area (Å²) in [6, 6.07) is 11.5. The van der Waals surface area contributed by atoms with Crippen molar-refractivity contribution in [2.24, 2.45) is 11.7 Å². The monoisotopic (exact) mass is 383 g/mol. The van der Waals surface area contributed by atoms with Crippen LogP contribution in [0.4, 0.5) is 0 Å². The summed E-state index contributed by atoms with van der Waals surface area (Å²) in [4.78, 5) is 37.7. The fraction of sp³-hybridized carbons (Fsp3) is 0.381. The molecule has 148 valence electrons. The Morgan fingerprint density at radius 3 is 2.36 bits per heavy atom. The molecule has 0 bridgehead atoms. The molecule has 1 aliphatic rings. The summed E-state index contributed by atoms with van der Waals surface area (Å²) in [6.07, 6.45) is 1.10. The Labute approximate surface area is 164 Å². The zero-order chi connectivity index (χ0) is 20.3. The number of carbonyl (C=O) groups excluding carboxylic acids is 3. The maximum Gasteiger partial charge on any atom is 0.340 e. The number of likely N-dealkylation sites (tertiary alicyclic amines) is 1. The fourth-order valence-corrected chi connectivity index (χ4v) is 3.65. The second-order valence-electron chi connectivity index (χ2n) is 7.09. The Hall–Kier alpha value is -3.09. The van der Waals surface area contributed by atoms with E-state index < -0.39 is 5.97 Å². The van der Waals surface area contributed by atoms with E-state index in [0.29, 0.717) is 31.5 Å². The maximum atomic E-state index is 12.5. The number of ether oxygens (including phenoxy) is 1. The van der Waals surface area contributed by atoms with Gasteiger partial charge in [0.25, 0.3) is 5.91 Å². The Morgan fingerprint density at radius 2 is 1.75 bits per heavy atom. The van der Waals surface area contributed by atoms with Gasteiger partial charge in [-0.2, -0.15) is 0 Å². The molecular weight excluding hydrogens is 358 g/mol. The van der Waals surface area contributed by atoms with Gasteiger partial charge in [-0.3, -0.25) is 9.59 Å². The Balaban J connectivity index is 1.61. The van der Waals surface area contributed by atoms with Crippen LogP contribution < -0.4 is 5.73 Å². The zero-order valence-electron chi connectivity index (χ0n) is 16.2. The van der Waals surface area contributed by atoms with Crippen LogP contribution in [0.2, 0.25) is 0 Å². The summed E-state index contributed by atoms with van der Waals surface area (Å²) in [5, 5.41) is 0. The Bertz CT molecular complexity index is 881. The van der Waals surface area contributed by atoms with Gasteiger partial charge in [-0.1, -0.05) is 18.2 Å². The van der Waals surface area contributed by atoms with Crippen LogP contribution >= 0.6 is 0 Å². The Morgan fingerprint density at radius 1 is 1.11 bits per heavy atom. The highest BCUT2D eigenvalue weighted by Crippen LogP contribution is 2.22. The SMILES string of the molecule is Cc1cc(C(=O)OCC(=O)N2CCC(C(N)=O)CC2)c(C)n1-c1ccccc1. The van der Waals surface area contributed by atoms with Crippen molar-refractivity contribution in [3.63, 3.8) is 0 Å². The summed E-state index contributed by atoms with van der Waals surface area (Å²) in [6.45, 7) is 4.37. The van der Waals surface area contributed by atoms with E-state index in [1.807, 2.05) is 48.7 Å². The molecule has 2 amide bonds. The molecule has 1 aromatic heterocycles. The molecule has 0 aliphatic carbocycles. The summed E-state index contributed by atoms with van der Waals surface area (Å²) < 4.78 is 7.25. The van der Waals surface area contributed by atoms with Gasteiger partial charge in [0.05, 0.1) is 5.56 Å². The first kappa shape index (κ1) is 19.7. The van der Waals surface area contributed by atoms with E-state index in [-0.39, 0.29) is 24.3 Å². The summed E-state index contributed by atoms with van der Waals surface area (Å²) in [7, 11) is 0. The van der Waals surface area contributed by atoms with Crippen LogP contribution in [0.1, 0.15) is 34.6 Å². The number of aryl methyl sites for hydroxylation is 1. The second-order valence-corrected chi connectivity index (χ2v) is 7.09. The molecule has 0 spiro atoms. The number of hydrogen-bond donors (Lipinski definition) is 1. The highest BCUT2D eigenvalue weighted by Gasteiger charge is 2.27. The number of para-hydroxylation sites is 1. The van der Waals surface area contributed by atoms with E-state index in [9.17, 15) is 14.4 Å². The van der Waals surface area contributed by atoms with Gasteiger partial charge < -0.3 is 19.9 Å². The van der Waals surface area contributed by atoms with E-state index in [2.05, 4.69) is 0 Å². The van der Waals surface area contributed by atoms with Crippen molar-refractivity contribution in [3.8, 4) is 5.69 Å². The molecule has 0 atom stereocenters. The highest BCUT2D eigenvalue weighted by molar-refractivity contribution is 5.93. The predicted molar refractivity (Wildman–Crippen MR) is 104 cm³/mol. The molecule has 0 saturated carbocycles. The molecule has 2 N–H and O–H groups in total. The largest absolute Gasteiger partial charge is 0.452 e. The minimum Gasteiger partial charge on any atom is -0.452 e. The highest BCUT2D eigenvalue weighted by atomic mass is 16.5. The normalized spacial score (nSPS) is 14.7. The standard InChI is InChI=1S/C21H25N3O4/c1-14-12-18(15(2)24(14)17-6-4-3-5-7-17)21(27)28-13-19(25)23-10-8-16(9-11-23)20(22)26/h3-7,12,16H,8-11,13H2,1-2H3,(H2,22,26). The third-order valence-corrected chi connectivity index (χ3v) is 5.24. The number of hydrogen-bond acceptors (Lipinski definition) is 4. The molecule has 7 heteroatoms. The number of aromatic nitrogens is 1. The first-order valence-corrected chi connectivity index (χ1v) is 9.37. The van der Waals surface area contributed by atoms with Gasteiger partial charge in [0.15, 0.2) is 6.61 Å². The van der Waals surface area contributed by atoms with Gasteiger partial charge in [-0.15, -0.1) is 0 Å². The lowest BCUT2D eigenvalue weighted by Gasteiger charge is -2.30. The first-order chi connectivity index (χ1) is 13.4. The molecule has 0 radical (unpaired) electrons. The first-order valence-electron chi connectivity index (χ1n) is 9.37. The molecule has 2 heterocycles. The van der Waals surface area contributed by atoms with Crippen molar-refractivity contribution in [1.29, 1.82) is 0 Å². The summed E-state index contributed by atoms with van der Waals surface area (Å²) >= 11 is 0. The molecule has 1 fully saturated rings. The van der Waals surface area contributed by atoms with Crippen LogP contribution in [-0.2, 0) is 14.3 Å². The maximum absolute atomic E-state index is 12.5. The molecule has 1 aliphatic heterocycles. The van der Waals surface area contributed by atoms with Crippen molar-refractivity contribution in [2.45, 2.75) is 26.7 Å². The van der Waals surface area contributed by atoms with Crippen LogP contribution in [-0.4, -0.2) is 46.9 Å². The number of amides is 2. The minimum atomic E-state index is -0.518. The van der Waals surface area contributed by atoms with Crippen molar-refractivity contribution < 1.29 is 19.1 Å². The number of benzene rings is 1. The van der Waals surface area contributed by atoms with Crippen molar-refractivity contribution in [3.05, 3.63) is 53.3 Å². The lowest BCUT2D eigenvalue weighted by atomic mass is 9.96. The van der Waals surface area contributed by atoms with Crippen molar-refractivity contribution in [1.82, 2.24) is 9.47 Å². The quantitative estimate of drug-likeness (QED) is 0.799. The third kappa shape index (κ3) is 4.08. The molecule has 2 aromatic rings. The Kier molecular flexibility index (Phi) is 5.82. The van der Waals surface area contributed by atoms with Gasteiger partial charge in [0, 0.05) is 36.1 Å². The van der Waals surface area contributed by atoms with Gasteiger partial charge in [-0.05, 0) is 44.9 Å². The van der Waals surface area contributed by atoms with Crippen LogP contribution in [0.5, 0.6) is 0 Å². The van der Waals surface area contributed by atoms with E-state index in [1.165, 1.54) is 0 Å². The fourth-order valence-electron chi connectivity index (χ4n) is 3.65. The molecule has 0 unspecified atom stereocenters. The van der Waals surface area contributed by atoms with Gasteiger partial charge in [0.1, 0.15) is 0 Å². The number of esters is 1. The molecule has 7 nitrogen and oxygen atoms in total. The van der Waals surface area contributed by atoms with E-state index in [1.54, 1.807) is 11.0 Å². The number of nitrogens with zero attached hydrogens (tertiary/aromatic N) is 2. The predicted octanol–water partition coefficient (Wildman–Crippen LogP) is 1.97. The average molecular weight is 383 g/mol. The molecule has 28 heavy (non-hydrogen) atoms. The number of rotatable bonds is 5. The second kappa shape index (κ2) is 8.29. The van der Waals surface area contributed by atoms with Gasteiger partial charge in [0.2, 0.25) is 5.91 Å². The van der Waals surface area contributed by atoms with E-state index in [0.717, 1.165) is 17.1 Å². The lowest BCUT2D eigenvalue weighted by Crippen LogP contribution is -2.43. The van der Waals surface area contributed by atoms with E-state index >= 15 is 0 Å². The molecule has 1 saturated heterocycles. The number of nitrogens with two attached hydrogens (primary N) is 1. The topological polar surface area (TPSA) is 94.6 Å². The molecular formula is C21H25N3O4. The molecule has 3 rings (SSSR count). The number of piperidine rings is 1. The van der Waals surface area contributed by atoms with E-state index in [4.69, 9.17) is 10.5 Å². The number of primary amides is 1. The average Bonchev–Trinajstić information content (AvgIpc) is 3.00. The van der Waals surface area contributed by atoms with Crippen LogP contribution in [0.25, 0.3) is 5.69 Å². The van der Waals surface area contributed by atoms with Crippen LogP contribution in [0, 0.1) is 19.8 Å². The van der Waals surface area contributed by atoms with Gasteiger partial charge >= 0.3 is 5.97 Å². The third-order valence-electron chi connectivity index (χ3n) is 5.24. The summed E-state index contributed by atoms with van der Waals surface area (Å²) in [5.41, 5.74) is 8.40. The van der Waals surface area contributed by atoms with Crippen molar-refractivity contribution in [2.75, 3.05) is 19.7 Å². The minimum absolute atomic E-state index is 0.185. The molecule has 1 aromatic carbocycles. The summed E-state index contributed by atoms with van der Waals surface area (Å²) in [5.74, 6) is -1.29. The smallest absolute Gasteiger partial charge is 0.340 e. The van der Waals surface area contributed by atoms with Crippen molar-refractivity contribution >= 4 is 17.8 Å². The zero-order valence-corrected chi connectivity index (χ0v) is 16.2. The van der Waals surface area contributed by atoms with Crippen LogP contribution in [0.15, 0.2) is 36.4 Å².